The standard InChI is InChI=1S/C23H28N4O6S/c24-34(31,32)18-12-10-17(11-13-18)22(29)27-20-9-5-4-8-19(20)26-21(28)14-25-23(30)33-15-16-6-2-1-3-7-16/h1-3,6-7,10-13,19-20H,4-5,8-9,14-15H2,(H,25,30)(H,26,28)(H,27,29)(H2,24,31,32)/t19-,20+/m1/s1. The van der Waals surface area contributed by atoms with Crippen LogP contribution in [0.3, 0.4) is 0 Å². The average Bonchev–Trinajstić information content (AvgIpc) is 2.83. The fourth-order valence-electron chi connectivity index (χ4n) is 3.71. The Morgan fingerprint density at radius 1 is 0.912 bits per heavy atom. The first kappa shape index (κ1) is 25.2. The van der Waals surface area contributed by atoms with Crippen molar-refractivity contribution in [3.05, 3.63) is 65.7 Å². The van der Waals surface area contributed by atoms with Crippen LogP contribution >= 0.6 is 0 Å². The molecule has 0 bridgehead atoms. The number of alkyl carbamates (subject to hydrolysis) is 1. The zero-order chi connectivity index (χ0) is 24.6. The van der Waals surface area contributed by atoms with E-state index in [1.54, 1.807) is 0 Å². The first-order chi connectivity index (χ1) is 16.2. The van der Waals surface area contributed by atoms with Gasteiger partial charge in [-0.05, 0) is 42.7 Å². The lowest BCUT2D eigenvalue weighted by molar-refractivity contribution is -0.121. The van der Waals surface area contributed by atoms with Gasteiger partial charge in [-0.2, -0.15) is 0 Å². The molecule has 11 heteroatoms. The van der Waals surface area contributed by atoms with E-state index in [9.17, 15) is 22.8 Å². The van der Waals surface area contributed by atoms with E-state index in [0.717, 1.165) is 18.4 Å². The molecular formula is C23H28N4O6S. The molecule has 3 amide bonds. The van der Waals surface area contributed by atoms with Crippen LogP contribution in [0.15, 0.2) is 59.5 Å². The Morgan fingerprint density at radius 3 is 2.15 bits per heavy atom. The summed E-state index contributed by atoms with van der Waals surface area (Å²) in [6.45, 7) is -0.150. The van der Waals surface area contributed by atoms with Gasteiger partial charge in [0.25, 0.3) is 5.91 Å². The average molecular weight is 489 g/mol. The van der Waals surface area contributed by atoms with Gasteiger partial charge in [-0.1, -0.05) is 43.2 Å². The number of amides is 3. The molecule has 34 heavy (non-hydrogen) atoms. The predicted molar refractivity (Wildman–Crippen MR) is 124 cm³/mol. The van der Waals surface area contributed by atoms with E-state index < -0.39 is 16.1 Å². The fourth-order valence-corrected chi connectivity index (χ4v) is 4.22. The number of hydrogen-bond acceptors (Lipinski definition) is 6. The monoisotopic (exact) mass is 488 g/mol. The Bertz CT molecular complexity index is 1110. The molecule has 3 rings (SSSR count). The number of carbonyl (C=O) groups is 3. The van der Waals surface area contributed by atoms with Gasteiger partial charge >= 0.3 is 6.09 Å². The van der Waals surface area contributed by atoms with Crippen LogP contribution in [0.2, 0.25) is 0 Å². The first-order valence-corrected chi connectivity index (χ1v) is 12.4. The Hall–Kier alpha value is -3.44. The van der Waals surface area contributed by atoms with E-state index in [-0.39, 0.29) is 47.5 Å². The molecule has 2 aromatic rings. The molecule has 5 N–H and O–H groups in total. The second-order valence-electron chi connectivity index (χ2n) is 8.02. The molecular weight excluding hydrogens is 460 g/mol. The Kier molecular flexibility index (Phi) is 8.61. The molecule has 2 aromatic carbocycles. The van der Waals surface area contributed by atoms with Gasteiger partial charge in [-0.15, -0.1) is 0 Å². The summed E-state index contributed by atoms with van der Waals surface area (Å²) in [5, 5.41) is 13.3. The zero-order valence-corrected chi connectivity index (χ0v) is 19.3. The first-order valence-electron chi connectivity index (χ1n) is 10.9. The number of primary sulfonamides is 1. The highest BCUT2D eigenvalue weighted by Gasteiger charge is 2.28. The lowest BCUT2D eigenvalue weighted by Gasteiger charge is -2.32. The van der Waals surface area contributed by atoms with Crippen molar-refractivity contribution in [2.75, 3.05) is 6.54 Å². The zero-order valence-electron chi connectivity index (χ0n) is 18.5. The molecule has 1 aliphatic carbocycles. The largest absolute Gasteiger partial charge is 0.445 e. The highest BCUT2D eigenvalue weighted by molar-refractivity contribution is 7.89. The Balaban J connectivity index is 1.47. The second kappa shape index (κ2) is 11.6. The van der Waals surface area contributed by atoms with Gasteiger partial charge in [0, 0.05) is 17.6 Å². The number of benzene rings is 2. The molecule has 1 fully saturated rings. The number of rotatable bonds is 8. The van der Waals surface area contributed by atoms with E-state index >= 15 is 0 Å². The summed E-state index contributed by atoms with van der Waals surface area (Å²) >= 11 is 0. The van der Waals surface area contributed by atoms with Crippen LogP contribution in [-0.4, -0.2) is 45.0 Å². The predicted octanol–water partition coefficient (Wildman–Crippen LogP) is 1.42. The summed E-state index contributed by atoms with van der Waals surface area (Å²) in [6.07, 6.45) is 2.45. The van der Waals surface area contributed by atoms with E-state index in [1.165, 1.54) is 24.3 Å². The third-order valence-corrected chi connectivity index (χ3v) is 6.41. The minimum absolute atomic E-state index is 0.0818. The maximum Gasteiger partial charge on any atom is 0.407 e. The van der Waals surface area contributed by atoms with E-state index in [2.05, 4.69) is 16.0 Å². The molecule has 0 saturated heterocycles. The highest BCUT2D eigenvalue weighted by Crippen LogP contribution is 2.19. The summed E-state index contributed by atoms with van der Waals surface area (Å²) in [4.78, 5) is 36.8. The molecule has 0 heterocycles. The van der Waals surface area contributed by atoms with Crippen molar-refractivity contribution in [2.45, 2.75) is 49.3 Å². The summed E-state index contributed by atoms with van der Waals surface area (Å²) in [5.41, 5.74) is 1.12. The van der Waals surface area contributed by atoms with Crippen molar-refractivity contribution in [1.29, 1.82) is 0 Å². The third kappa shape index (κ3) is 7.56. The molecule has 0 aliphatic heterocycles. The molecule has 0 spiro atoms. The van der Waals surface area contributed by atoms with Crippen molar-refractivity contribution >= 4 is 27.9 Å². The van der Waals surface area contributed by atoms with Crippen molar-refractivity contribution < 1.29 is 27.5 Å². The minimum atomic E-state index is -3.84. The quantitative estimate of drug-likeness (QED) is 0.440. The highest BCUT2D eigenvalue weighted by atomic mass is 32.2. The molecule has 1 aliphatic rings. The maximum absolute atomic E-state index is 12.6. The number of carbonyl (C=O) groups excluding carboxylic acids is 3. The lowest BCUT2D eigenvalue weighted by atomic mass is 9.90. The summed E-state index contributed by atoms with van der Waals surface area (Å²) in [5.74, 6) is -0.768. The molecule has 10 nitrogen and oxygen atoms in total. The summed E-state index contributed by atoms with van der Waals surface area (Å²) in [6, 6.07) is 13.9. The molecule has 2 atom stereocenters. The fraction of sp³-hybridized carbons (Fsp3) is 0.348. The van der Waals surface area contributed by atoms with Crippen molar-refractivity contribution in [2.24, 2.45) is 5.14 Å². The molecule has 0 unspecified atom stereocenters. The van der Waals surface area contributed by atoms with Gasteiger partial charge in [-0.25, -0.2) is 18.4 Å². The molecule has 0 radical (unpaired) electrons. The maximum atomic E-state index is 12.6. The minimum Gasteiger partial charge on any atom is -0.445 e. The Morgan fingerprint density at radius 2 is 1.53 bits per heavy atom. The van der Waals surface area contributed by atoms with Gasteiger partial charge in [0.05, 0.1) is 4.90 Å². The van der Waals surface area contributed by atoms with Gasteiger partial charge in [0.15, 0.2) is 0 Å². The third-order valence-electron chi connectivity index (χ3n) is 5.48. The van der Waals surface area contributed by atoms with Crippen LogP contribution in [0.4, 0.5) is 4.79 Å². The molecule has 182 valence electrons. The van der Waals surface area contributed by atoms with E-state index in [1.807, 2.05) is 30.3 Å². The van der Waals surface area contributed by atoms with Crippen LogP contribution in [0.5, 0.6) is 0 Å². The number of nitrogens with two attached hydrogens (primary N) is 1. The number of ether oxygens (including phenoxy) is 1. The lowest BCUT2D eigenvalue weighted by Crippen LogP contribution is -2.54. The summed E-state index contributed by atoms with van der Waals surface area (Å²) < 4.78 is 27.8. The van der Waals surface area contributed by atoms with Gasteiger partial charge in [0.1, 0.15) is 13.2 Å². The van der Waals surface area contributed by atoms with Crippen molar-refractivity contribution in [3.8, 4) is 0 Å². The van der Waals surface area contributed by atoms with Crippen LogP contribution in [0.1, 0.15) is 41.6 Å². The molecule has 1 saturated carbocycles. The number of hydrogen-bond donors (Lipinski definition) is 4. The van der Waals surface area contributed by atoms with Gasteiger partial charge in [-0.3, -0.25) is 9.59 Å². The van der Waals surface area contributed by atoms with Crippen LogP contribution in [0.25, 0.3) is 0 Å². The van der Waals surface area contributed by atoms with Gasteiger partial charge < -0.3 is 20.7 Å². The van der Waals surface area contributed by atoms with Crippen LogP contribution in [-0.2, 0) is 26.2 Å². The molecule has 0 aromatic heterocycles. The van der Waals surface area contributed by atoms with Crippen LogP contribution < -0.4 is 21.1 Å². The topological polar surface area (TPSA) is 157 Å². The van der Waals surface area contributed by atoms with E-state index in [0.29, 0.717) is 12.8 Å². The number of nitrogens with one attached hydrogen (secondary N) is 3. The second-order valence-corrected chi connectivity index (χ2v) is 9.58. The van der Waals surface area contributed by atoms with Crippen molar-refractivity contribution in [3.63, 3.8) is 0 Å². The van der Waals surface area contributed by atoms with E-state index in [4.69, 9.17) is 9.88 Å². The number of sulfonamides is 1. The normalized spacial score (nSPS) is 17.9. The Labute approximate surface area is 198 Å². The van der Waals surface area contributed by atoms with Gasteiger partial charge in [0.2, 0.25) is 15.9 Å². The van der Waals surface area contributed by atoms with Crippen LogP contribution in [0, 0.1) is 0 Å². The van der Waals surface area contributed by atoms with Crippen molar-refractivity contribution in [1.82, 2.24) is 16.0 Å². The smallest absolute Gasteiger partial charge is 0.407 e. The SMILES string of the molecule is NS(=O)(=O)c1ccc(C(=O)N[C@H]2CCCC[C@H]2NC(=O)CNC(=O)OCc2ccccc2)cc1. The summed E-state index contributed by atoms with van der Waals surface area (Å²) in [7, 11) is -3.84.